The average molecular weight is 306 g/mol. The lowest BCUT2D eigenvalue weighted by Gasteiger charge is -2.20. The van der Waals surface area contributed by atoms with Crippen molar-refractivity contribution < 1.29 is 19.6 Å². The van der Waals surface area contributed by atoms with Gasteiger partial charge in [0.1, 0.15) is 0 Å². The van der Waals surface area contributed by atoms with Crippen LogP contribution in [0, 0.1) is 16.0 Å². The number of non-ortho nitro benzene ring substituents is 1. The van der Waals surface area contributed by atoms with E-state index in [4.69, 9.17) is 5.11 Å². The molecule has 7 heteroatoms. The molecule has 0 aromatic heterocycles. The third kappa shape index (κ3) is 3.60. The summed E-state index contributed by atoms with van der Waals surface area (Å²) in [6.45, 7) is 1.91. The smallest absolute Gasteiger partial charge is 0.335 e. The molecule has 1 aliphatic rings. The highest BCUT2D eigenvalue weighted by molar-refractivity contribution is 5.98. The second-order valence-electron chi connectivity index (χ2n) is 5.64. The number of hydrogen-bond donors (Lipinski definition) is 2. The molecule has 1 aliphatic carbocycles. The van der Waals surface area contributed by atoms with Crippen LogP contribution < -0.4 is 5.32 Å². The molecular formula is C15H18N2O5. The van der Waals surface area contributed by atoms with Crippen LogP contribution in [0.15, 0.2) is 18.2 Å². The van der Waals surface area contributed by atoms with Gasteiger partial charge < -0.3 is 10.4 Å². The van der Waals surface area contributed by atoms with Gasteiger partial charge in [-0.05, 0) is 31.7 Å². The van der Waals surface area contributed by atoms with Gasteiger partial charge in [0.2, 0.25) is 0 Å². The molecular weight excluding hydrogens is 288 g/mol. The molecule has 22 heavy (non-hydrogen) atoms. The molecule has 1 fully saturated rings. The standard InChI is InChI=1S/C15H18N2O5/c1-9(10-4-2-3-5-10)16-14(18)11-6-12(15(19)20)8-13(7-11)17(21)22/h6-10H,2-5H2,1H3,(H,16,18)(H,19,20). The second-order valence-corrected chi connectivity index (χ2v) is 5.64. The van der Waals surface area contributed by atoms with E-state index in [0.29, 0.717) is 5.92 Å². The number of amides is 1. The lowest BCUT2D eigenvalue weighted by molar-refractivity contribution is -0.384. The molecule has 0 radical (unpaired) electrons. The number of nitrogens with zero attached hydrogens (tertiary/aromatic N) is 1. The van der Waals surface area contributed by atoms with E-state index in [2.05, 4.69) is 5.32 Å². The monoisotopic (exact) mass is 306 g/mol. The van der Waals surface area contributed by atoms with Crippen molar-refractivity contribution in [3.63, 3.8) is 0 Å². The van der Waals surface area contributed by atoms with Gasteiger partial charge in [-0.2, -0.15) is 0 Å². The van der Waals surface area contributed by atoms with Crippen LogP contribution in [0.4, 0.5) is 5.69 Å². The predicted molar refractivity (Wildman–Crippen MR) is 78.9 cm³/mol. The summed E-state index contributed by atoms with van der Waals surface area (Å²) in [4.78, 5) is 33.4. The fraction of sp³-hybridized carbons (Fsp3) is 0.467. The zero-order valence-corrected chi connectivity index (χ0v) is 12.2. The van der Waals surface area contributed by atoms with Gasteiger partial charge in [-0.25, -0.2) is 4.79 Å². The Morgan fingerprint density at radius 1 is 1.27 bits per heavy atom. The van der Waals surface area contributed by atoms with Gasteiger partial charge in [0.25, 0.3) is 11.6 Å². The van der Waals surface area contributed by atoms with Crippen molar-refractivity contribution in [2.24, 2.45) is 5.92 Å². The zero-order valence-electron chi connectivity index (χ0n) is 12.2. The summed E-state index contributed by atoms with van der Waals surface area (Å²) in [7, 11) is 0. The first-order valence-electron chi connectivity index (χ1n) is 7.22. The van der Waals surface area contributed by atoms with Crippen molar-refractivity contribution in [2.45, 2.75) is 38.6 Å². The molecule has 0 bridgehead atoms. The molecule has 7 nitrogen and oxygen atoms in total. The van der Waals surface area contributed by atoms with E-state index in [9.17, 15) is 19.7 Å². The predicted octanol–water partition coefficient (Wildman–Crippen LogP) is 2.60. The minimum atomic E-state index is -1.30. The molecule has 2 rings (SSSR count). The van der Waals surface area contributed by atoms with Crippen molar-refractivity contribution in [1.82, 2.24) is 5.32 Å². The lowest BCUT2D eigenvalue weighted by atomic mass is 9.99. The van der Waals surface area contributed by atoms with E-state index < -0.39 is 22.5 Å². The van der Waals surface area contributed by atoms with E-state index >= 15 is 0 Å². The summed E-state index contributed by atoms with van der Waals surface area (Å²) in [5.74, 6) is -1.38. The highest BCUT2D eigenvalue weighted by Gasteiger charge is 2.24. The van der Waals surface area contributed by atoms with Crippen LogP contribution in [-0.2, 0) is 0 Å². The Hall–Kier alpha value is -2.44. The fourth-order valence-electron chi connectivity index (χ4n) is 2.84. The number of carbonyl (C=O) groups excluding carboxylic acids is 1. The molecule has 1 atom stereocenters. The van der Waals surface area contributed by atoms with Crippen molar-refractivity contribution in [2.75, 3.05) is 0 Å². The van der Waals surface area contributed by atoms with Crippen molar-refractivity contribution in [1.29, 1.82) is 0 Å². The minimum Gasteiger partial charge on any atom is -0.478 e. The number of rotatable bonds is 5. The van der Waals surface area contributed by atoms with Gasteiger partial charge in [0, 0.05) is 23.7 Å². The quantitative estimate of drug-likeness (QED) is 0.642. The lowest BCUT2D eigenvalue weighted by Crippen LogP contribution is -2.37. The number of carbonyl (C=O) groups is 2. The van der Waals surface area contributed by atoms with Crippen LogP contribution in [-0.4, -0.2) is 27.9 Å². The largest absolute Gasteiger partial charge is 0.478 e. The number of aromatic carboxylic acids is 1. The molecule has 1 saturated carbocycles. The number of nitrogens with one attached hydrogen (secondary N) is 1. The highest BCUT2D eigenvalue weighted by atomic mass is 16.6. The Labute approximate surface area is 127 Å². The van der Waals surface area contributed by atoms with Gasteiger partial charge in [0.15, 0.2) is 0 Å². The third-order valence-corrected chi connectivity index (χ3v) is 4.10. The highest BCUT2D eigenvalue weighted by Crippen LogP contribution is 2.27. The number of carboxylic acids is 1. The fourth-order valence-corrected chi connectivity index (χ4v) is 2.84. The maximum Gasteiger partial charge on any atom is 0.335 e. The van der Waals surface area contributed by atoms with E-state index in [0.717, 1.165) is 43.9 Å². The van der Waals surface area contributed by atoms with Gasteiger partial charge in [-0.3, -0.25) is 14.9 Å². The number of hydrogen-bond acceptors (Lipinski definition) is 4. The summed E-state index contributed by atoms with van der Waals surface area (Å²) >= 11 is 0. The Bertz CT molecular complexity index is 576. The van der Waals surface area contributed by atoms with E-state index in [1.54, 1.807) is 0 Å². The Morgan fingerprint density at radius 2 is 1.86 bits per heavy atom. The van der Waals surface area contributed by atoms with Crippen LogP contribution in [0.1, 0.15) is 53.3 Å². The number of nitro groups is 1. The minimum absolute atomic E-state index is 0.00329. The summed E-state index contributed by atoms with van der Waals surface area (Å²) in [5.41, 5.74) is -0.678. The molecule has 0 spiro atoms. The Morgan fingerprint density at radius 3 is 2.41 bits per heavy atom. The summed E-state index contributed by atoms with van der Waals surface area (Å²) in [5, 5.41) is 22.7. The molecule has 2 N–H and O–H groups in total. The molecule has 1 unspecified atom stereocenters. The summed E-state index contributed by atoms with van der Waals surface area (Å²) in [6, 6.07) is 3.16. The van der Waals surface area contributed by atoms with Gasteiger partial charge in [-0.15, -0.1) is 0 Å². The van der Waals surface area contributed by atoms with Gasteiger partial charge in [0.05, 0.1) is 10.5 Å². The molecule has 0 heterocycles. The molecule has 1 aromatic rings. The first-order chi connectivity index (χ1) is 10.4. The second kappa shape index (κ2) is 6.55. The van der Waals surface area contributed by atoms with E-state index in [1.807, 2.05) is 6.92 Å². The SMILES string of the molecule is CC(NC(=O)c1cc(C(=O)O)cc([N+](=O)[O-])c1)C1CCCC1. The Kier molecular flexibility index (Phi) is 4.75. The normalized spacial score (nSPS) is 16.2. The number of carboxylic acid groups (broad SMARTS) is 1. The average Bonchev–Trinajstić information content (AvgIpc) is 3.00. The maximum absolute atomic E-state index is 12.2. The van der Waals surface area contributed by atoms with Crippen LogP contribution in [0.2, 0.25) is 0 Å². The van der Waals surface area contributed by atoms with E-state index in [1.165, 1.54) is 0 Å². The summed E-state index contributed by atoms with van der Waals surface area (Å²) in [6.07, 6.45) is 4.39. The van der Waals surface area contributed by atoms with Crippen LogP contribution >= 0.6 is 0 Å². The summed E-state index contributed by atoms with van der Waals surface area (Å²) < 4.78 is 0. The zero-order chi connectivity index (χ0) is 16.3. The van der Waals surface area contributed by atoms with Crippen LogP contribution in [0.5, 0.6) is 0 Å². The molecule has 1 aromatic carbocycles. The molecule has 0 aliphatic heterocycles. The number of benzene rings is 1. The molecule has 0 saturated heterocycles. The van der Waals surface area contributed by atoms with Gasteiger partial charge in [-0.1, -0.05) is 12.8 Å². The Balaban J connectivity index is 2.20. The van der Waals surface area contributed by atoms with Gasteiger partial charge >= 0.3 is 5.97 Å². The molecule has 1 amide bonds. The van der Waals surface area contributed by atoms with E-state index in [-0.39, 0.29) is 17.2 Å². The van der Waals surface area contributed by atoms with Crippen molar-refractivity contribution in [3.8, 4) is 0 Å². The van der Waals surface area contributed by atoms with Crippen molar-refractivity contribution in [3.05, 3.63) is 39.4 Å². The topological polar surface area (TPSA) is 110 Å². The third-order valence-electron chi connectivity index (χ3n) is 4.10. The first-order valence-corrected chi connectivity index (χ1v) is 7.22. The maximum atomic E-state index is 12.2. The van der Waals surface area contributed by atoms with Crippen LogP contribution in [0.3, 0.4) is 0 Å². The van der Waals surface area contributed by atoms with Crippen molar-refractivity contribution >= 4 is 17.6 Å². The molecule has 118 valence electrons. The first kappa shape index (κ1) is 15.9. The van der Waals surface area contributed by atoms with Crippen LogP contribution in [0.25, 0.3) is 0 Å². The number of nitro benzene ring substituents is 1.